The first kappa shape index (κ1) is 13.8. The molecule has 6 nitrogen and oxygen atoms in total. The Bertz CT molecular complexity index is 342. The van der Waals surface area contributed by atoms with E-state index in [2.05, 4.69) is 4.74 Å². The normalized spacial score (nSPS) is 10.7. The minimum Gasteiger partial charge on any atom is -0.460 e. The largest absolute Gasteiger partial charge is 0.460 e. The second-order valence-electron chi connectivity index (χ2n) is 2.99. The molecule has 0 N–H and O–H groups in total. The molecule has 0 heterocycles. The van der Waals surface area contributed by atoms with E-state index < -0.39 is 28.0 Å². The topological polar surface area (TPSA) is 94.6 Å². The molecule has 0 amide bonds. The van der Waals surface area contributed by atoms with E-state index in [4.69, 9.17) is 0 Å². The van der Waals surface area contributed by atoms with Crippen molar-refractivity contribution >= 4 is 27.9 Å². The fraction of sp³-hybridized carbons (Fsp3) is 0.625. The van der Waals surface area contributed by atoms with Gasteiger partial charge in [0.05, 0.1) is 5.75 Å². The predicted molar refractivity (Wildman–Crippen MR) is 51.0 cm³/mol. The van der Waals surface area contributed by atoms with Crippen LogP contribution in [0.3, 0.4) is 0 Å². The maximum absolute atomic E-state index is 11.2. The number of Topliss-reactive ketones (excluding diaryl/α,β-unsaturated/α-hetero) is 2. The molecule has 0 atom stereocenters. The molecule has 0 aliphatic rings. The molecule has 0 spiro atoms. The molecular weight excluding hydrogens is 224 g/mol. The number of ketones is 2. The zero-order valence-corrected chi connectivity index (χ0v) is 9.08. The Morgan fingerprint density at radius 1 is 1.33 bits per heavy atom. The van der Waals surface area contributed by atoms with Crippen LogP contribution in [0, 0.1) is 0 Å². The van der Waals surface area contributed by atoms with Crippen LogP contribution < -0.4 is 0 Å². The Morgan fingerprint density at radius 2 is 1.93 bits per heavy atom. The van der Waals surface area contributed by atoms with Gasteiger partial charge in [-0.1, -0.05) is 0 Å². The number of ether oxygens (including phenoxy) is 1. The molecule has 0 rings (SSSR count). The van der Waals surface area contributed by atoms with Crippen molar-refractivity contribution < 1.29 is 27.5 Å². The van der Waals surface area contributed by atoms with E-state index in [-0.39, 0.29) is 24.4 Å². The highest BCUT2D eigenvalue weighted by molar-refractivity contribution is 7.92. The fourth-order valence-electron chi connectivity index (χ4n) is 0.785. The van der Waals surface area contributed by atoms with Gasteiger partial charge in [-0.25, -0.2) is 8.42 Å². The van der Waals surface area contributed by atoms with Crippen molar-refractivity contribution in [2.24, 2.45) is 0 Å². The van der Waals surface area contributed by atoms with E-state index in [9.17, 15) is 22.8 Å². The summed E-state index contributed by atoms with van der Waals surface area (Å²) in [5.74, 6) is -2.01. The summed E-state index contributed by atoms with van der Waals surface area (Å²) in [6.45, 7) is 0.787. The van der Waals surface area contributed by atoms with Gasteiger partial charge in [0, 0.05) is 6.42 Å². The van der Waals surface area contributed by atoms with Crippen molar-refractivity contribution in [3.63, 3.8) is 0 Å². The smallest absolute Gasteiger partial charge is 0.293 e. The van der Waals surface area contributed by atoms with Crippen LogP contribution in [0.25, 0.3) is 0 Å². The molecule has 0 fully saturated rings. The van der Waals surface area contributed by atoms with E-state index in [0.717, 1.165) is 0 Å². The number of hydrogen-bond acceptors (Lipinski definition) is 6. The van der Waals surface area contributed by atoms with Crippen molar-refractivity contribution in [3.05, 3.63) is 0 Å². The average Bonchev–Trinajstić information content (AvgIpc) is 2.11. The maximum Gasteiger partial charge on any atom is 0.293 e. The highest BCUT2D eigenvalue weighted by Gasteiger charge is 2.17. The molecule has 86 valence electrons. The van der Waals surface area contributed by atoms with Gasteiger partial charge in [0.1, 0.15) is 11.5 Å². The van der Waals surface area contributed by atoms with Gasteiger partial charge in [-0.2, -0.15) is 0 Å². The molecule has 0 aliphatic carbocycles. The molecule has 0 bridgehead atoms. The van der Waals surface area contributed by atoms with E-state index in [1.54, 1.807) is 0 Å². The van der Waals surface area contributed by atoms with Gasteiger partial charge in [0.2, 0.25) is 0 Å². The summed E-state index contributed by atoms with van der Waals surface area (Å²) in [4.78, 5) is 31.2. The highest BCUT2D eigenvalue weighted by atomic mass is 32.2. The first-order valence-electron chi connectivity index (χ1n) is 4.14. The van der Waals surface area contributed by atoms with E-state index >= 15 is 0 Å². The summed E-state index contributed by atoms with van der Waals surface area (Å²) in [6.07, 6.45) is -0.107. The lowest BCUT2D eigenvalue weighted by molar-refractivity contribution is -0.135. The van der Waals surface area contributed by atoms with Crippen molar-refractivity contribution in [2.75, 3.05) is 18.1 Å². The summed E-state index contributed by atoms with van der Waals surface area (Å²) in [6, 6.07) is 0. The third-order valence-electron chi connectivity index (χ3n) is 1.46. The molecule has 0 aromatic rings. The van der Waals surface area contributed by atoms with E-state index in [1.807, 2.05) is 0 Å². The monoisotopic (exact) mass is 236 g/mol. The third-order valence-corrected chi connectivity index (χ3v) is 3.05. The average molecular weight is 236 g/mol. The van der Waals surface area contributed by atoms with Crippen LogP contribution in [-0.4, -0.2) is 44.6 Å². The van der Waals surface area contributed by atoms with Crippen molar-refractivity contribution in [3.8, 4) is 0 Å². The first-order chi connectivity index (χ1) is 6.87. The predicted octanol–water partition coefficient (Wildman–Crippen LogP) is -0.878. The third kappa shape index (κ3) is 7.80. The summed E-state index contributed by atoms with van der Waals surface area (Å²) < 4.78 is 26.5. The highest BCUT2D eigenvalue weighted by Crippen LogP contribution is 1.96. The summed E-state index contributed by atoms with van der Waals surface area (Å²) in [5.41, 5.74) is 0. The lowest BCUT2D eigenvalue weighted by atomic mass is 10.4. The molecule has 0 unspecified atom stereocenters. The van der Waals surface area contributed by atoms with Crippen LogP contribution in [0.2, 0.25) is 0 Å². The fourth-order valence-corrected chi connectivity index (χ4v) is 2.10. The van der Waals surface area contributed by atoms with Gasteiger partial charge in [-0.15, -0.1) is 0 Å². The molecular formula is C8H12O6S. The van der Waals surface area contributed by atoms with Gasteiger partial charge in [-0.05, 0) is 6.92 Å². The molecule has 0 saturated heterocycles. The zero-order valence-electron chi connectivity index (χ0n) is 8.26. The van der Waals surface area contributed by atoms with Crippen LogP contribution in [0.5, 0.6) is 0 Å². The molecule has 0 saturated carbocycles. The molecule has 0 aromatic carbocycles. The van der Waals surface area contributed by atoms with E-state index in [1.165, 1.54) is 6.92 Å². The van der Waals surface area contributed by atoms with Gasteiger partial charge < -0.3 is 4.74 Å². The van der Waals surface area contributed by atoms with Gasteiger partial charge in [-0.3, -0.25) is 14.4 Å². The second-order valence-corrected chi connectivity index (χ2v) is 5.17. The lowest BCUT2D eigenvalue weighted by Gasteiger charge is -2.01. The molecule has 0 radical (unpaired) electrons. The summed E-state index contributed by atoms with van der Waals surface area (Å²) >= 11 is 0. The summed E-state index contributed by atoms with van der Waals surface area (Å²) in [7, 11) is -3.57. The van der Waals surface area contributed by atoms with Crippen LogP contribution in [0.4, 0.5) is 0 Å². The standard InChI is InChI=1S/C8H12O6S/c1-7(10)2-3-15(12,13)5-8(11)4-14-6-9/h6H,2-5H2,1H3. The number of rotatable bonds is 8. The zero-order chi connectivity index (χ0) is 11.9. The Kier molecular flexibility index (Phi) is 5.76. The Balaban J connectivity index is 4.08. The van der Waals surface area contributed by atoms with Crippen LogP contribution in [0.1, 0.15) is 13.3 Å². The molecule has 15 heavy (non-hydrogen) atoms. The van der Waals surface area contributed by atoms with Gasteiger partial charge >= 0.3 is 0 Å². The number of sulfone groups is 1. The number of carbonyl (C=O) groups excluding carboxylic acids is 3. The summed E-state index contributed by atoms with van der Waals surface area (Å²) in [5, 5.41) is 0. The number of hydrogen-bond donors (Lipinski definition) is 0. The lowest BCUT2D eigenvalue weighted by Crippen LogP contribution is -2.23. The van der Waals surface area contributed by atoms with Gasteiger partial charge in [0.25, 0.3) is 6.47 Å². The van der Waals surface area contributed by atoms with Crippen molar-refractivity contribution in [1.82, 2.24) is 0 Å². The second kappa shape index (κ2) is 6.28. The minimum atomic E-state index is -3.57. The van der Waals surface area contributed by atoms with E-state index in [0.29, 0.717) is 0 Å². The number of carbonyl (C=O) groups is 3. The minimum absolute atomic E-state index is 0.0695. The Labute approximate surface area is 87.5 Å². The molecule has 0 aromatic heterocycles. The van der Waals surface area contributed by atoms with Crippen molar-refractivity contribution in [1.29, 1.82) is 0 Å². The van der Waals surface area contributed by atoms with Crippen molar-refractivity contribution in [2.45, 2.75) is 13.3 Å². The van der Waals surface area contributed by atoms with Crippen LogP contribution >= 0.6 is 0 Å². The molecule has 7 heteroatoms. The van der Waals surface area contributed by atoms with Crippen LogP contribution in [-0.2, 0) is 29.0 Å². The molecule has 0 aliphatic heterocycles. The van der Waals surface area contributed by atoms with Crippen LogP contribution in [0.15, 0.2) is 0 Å². The SMILES string of the molecule is CC(=O)CCS(=O)(=O)CC(=O)COC=O. The maximum atomic E-state index is 11.2. The Hall–Kier alpha value is -1.24. The Morgan fingerprint density at radius 3 is 2.40 bits per heavy atom. The first-order valence-corrected chi connectivity index (χ1v) is 5.96. The quantitative estimate of drug-likeness (QED) is 0.508. The van der Waals surface area contributed by atoms with Gasteiger partial charge in [0.15, 0.2) is 22.2 Å².